The standard InChI is InChI=1S/C8H5F3N2O/c1-4-5(3-12)6(8(9,10)11)2-7(14)13-4/h2H,1H3,(H,13,14). The summed E-state index contributed by atoms with van der Waals surface area (Å²) in [6.07, 6.45) is -4.68. The van der Waals surface area contributed by atoms with Gasteiger partial charge in [-0.3, -0.25) is 4.79 Å². The lowest BCUT2D eigenvalue weighted by Crippen LogP contribution is -2.17. The number of nitrogens with one attached hydrogen (secondary N) is 1. The number of rotatable bonds is 0. The summed E-state index contributed by atoms with van der Waals surface area (Å²) in [5.74, 6) is 0. The quantitative estimate of drug-likeness (QED) is 0.694. The van der Waals surface area contributed by atoms with E-state index in [9.17, 15) is 18.0 Å². The van der Waals surface area contributed by atoms with Crippen molar-refractivity contribution in [3.63, 3.8) is 0 Å². The Balaban J connectivity index is 3.59. The number of alkyl halides is 3. The number of halogens is 3. The molecule has 0 saturated carbocycles. The van der Waals surface area contributed by atoms with Crippen LogP contribution in [0.5, 0.6) is 0 Å². The largest absolute Gasteiger partial charge is 0.417 e. The average molecular weight is 202 g/mol. The van der Waals surface area contributed by atoms with Crippen LogP contribution in [-0.4, -0.2) is 4.98 Å². The number of nitriles is 1. The van der Waals surface area contributed by atoms with E-state index >= 15 is 0 Å². The molecule has 1 aromatic rings. The minimum atomic E-state index is -4.68. The molecule has 0 atom stereocenters. The number of pyridine rings is 1. The Morgan fingerprint density at radius 3 is 2.50 bits per heavy atom. The summed E-state index contributed by atoms with van der Waals surface area (Å²) in [5, 5.41) is 8.48. The first-order chi connectivity index (χ1) is 6.36. The summed E-state index contributed by atoms with van der Waals surface area (Å²) in [6, 6.07) is 1.79. The summed E-state index contributed by atoms with van der Waals surface area (Å²) < 4.78 is 36.9. The fourth-order valence-corrected chi connectivity index (χ4v) is 1.06. The van der Waals surface area contributed by atoms with Crippen LogP contribution in [0, 0.1) is 18.3 Å². The van der Waals surface area contributed by atoms with E-state index in [1.165, 1.54) is 13.0 Å². The number of nitrogens with zero attached hydrogens (tertiary/aromatic N) is 1. The van der Waals surface area contributed by atoms with E-state index < -0.39 is 22.9 Å². The second-order valence-corrected chi connectivity index (χ2v) is 2.66. The summed E-state index contributed by atoms with van der Waals surface area (Å²) in [5.41, 5.74) is -2.68. The average Bonchev–Trinajstić information content (AvgIpc) is 2.01. The Labute approximate surface area is 76.8 Å². The molecule has 14 heavy (non-hydrogen) atoms. The normalized spacial score (nSPS) is 11.1. The van der Waals surface area contributed by atoms with Crippen LogP contribution in [0.2, 0.25) is 0 Å². The predicted octanol–water partition coefficient (Wildman–Crippen LogP) is 1.57. The zero-order chi connectivity index (χ0) is 10.9. The van der Waals surface area contributed by atoms with Crippen molar-refractivity contribution in [2.24, 2.45) is 0 Å². The zero-order valence-electron chi connectivity index (χ0n) is 7.07. The number of aryl methyl sites for hydroxylation is 1. The molecular formula is C8H5F3N2O. The molecule has 1 heterocycles. The topological polar surface area (TPSA) is 56.6 Å². The van der Waals surface area contributed by atoms with Crippen molar-refractivity contribution in [2.45, 2.75) is 13.1 Å². The monoisotopic (exact) mass is 202 g/mol. The highest BCUT2D eigenvalue weighted by molar-refractivity contribution is 5.41. The molecule has 74 valence electrons. The van der Waals surface area contributed by atoms with Crippen molar-refractivity contribution < 1.29 is 13.2 Å². The SMILES string of the molecule is Cc1[nH]c(=O)cc(C(F)(F)F)c1C#N. The molecule has 0 aliphatic heterocycles. The van der Waals surface area contributed by atoms with E-state index in [0.29, 0.717) is 6.07 Å². The van der Waals surface area contributed by atoms with Gasteiger partial charge in [0.05, 0.1) is 11.1 Å². The van der Waals surface area contributed by atoms with Crippen LogP contribution in [-0.2, 0) is 6.18 Å². The van der Waals surface area contributed by atoms with Gasteiger partial charge in [0, 0.05) is 11.8 Å². The Hall–Kier alpha value is -1.77. The molecule has 3 nitrogen and oxygen atoms in total. The summed E-state index contributed by atoms with van der Waals surface area (Å²) in [6.45, 7) is 1.25. The van der Waals surface area contributed by atoms with Gasteiger partial charge in [0.1, 0.15) is 6.07 Å². The minimum Gasteiger partial charge on any atom is -0.325 e. The second kappa shape index (κ2) is 3.18. The molecule has 0 unspecified atom stereocenters. The van der Waals surface area contributed by atoms with E-state index in [2.05, 4.69) is 4.98 Å². The highest BCUT2D eigenvalue weighted by Crippen LogP contribution is 2.31. The molecule has 0 amide bonds. The van der Waals surface area contributed by atoms with Crippen LogP contribution < -0.4 is 5.56 Å². The summed E-state index contributed by atoms with van der Waals surface area (Å²) >= 11 is 0. The molecular weight excluding hydrogens is 197 g/mol. The molecule has 0 fully saturated rings. The van der Waals surface area contributed by atoms with E-state index in [0.717, 1.165) is 0 Å². The predicted molar refractivity (Wildman–Crippen MR) is 41.5 cm³/mol. The van der Waals surface area contributed by atoms with Crippen LogP contribution in [0.25, 0.3) is 0 Å². The van der Waals surface area contributed by atoms with E-state index in [4.69, 9.17) is 5.26 Å². The Morgan fingerprint density at radius 2 is 2.07 bits per heavy atom. The van der Waals surface area contributed by atoms with Crippen molar-refractivity contribution in [1.82, 2.24) is 4.98 Å². The molecule has 6 heteroatoms. The number of aromatic amines is 1. The smallest absolute Gasteiger partial charge is 0.325 e. The Kier molecular flexibility index (Phi) is 2.34. The molecule has 1 N–H and O–H groups in total. The maximum Gasteiger partial charge on any atom is 0.417 e. The minimum absolute atomic E-state index is 0.0766. The van der Waals surface area contributed by atoms with Gasteiger partial charge in [-0.15, -0.1) is 0 Å². The highest BCUT2D eigenvalue weighted by atomic mass is 19.4. The first-order valence-corrected chi connectivity index (χ1v) is 3.57. The molecule has 0 saturated heterocycles. The maximum atomic E-state index is 12.3. The van der Waals surface area contributed by atoms with Gasteiger partial charge in [-0.2, -0.15) is 18.4 Å². The number of H-pyrrole nitrogens is 1. The molecule has 1 rings (SSSR count). The molecule has 0 aromatic carbocycles. The van der Waals surface area contributed by atoms with E-state index in [1.54, 1.807) is 0 Å². The van der Waals surface area contributed by atoms with Crippen molar-refractivity contribution in [1.29, 1.82) is 5.26 Å². The third-order valence-corrected chi connectivity index (χ3v) is 1.65. The molecule has 0 radical (unpaired) electrons. The fraction of sp³-hybridized carbons (Fsp3) is 0.250. The zero-order valence-corrected chi connectivity index (χ0v) is 7.07. The lowest BCUT2D eigenvalue weighted by atomic mass is 10.1. The third-order valence-electron chi connectivity index (χ3n) is 1.65. The van der Waals surface area contributed by atoms with Gasteiger partial charge in [0.25, 0.3) is 0 Å². The van der Waals surface area contributed by atoms with Gasteiger partial charge in [-0.1, -0.05) is 0 Å². The van der Waals surface area contributed by atoms with Gasteiger partial charge in [-0.05, 0) is 6.92 Å². The Morgan fingerprint density at radius 1 is 1.50 bits per heavy atom. The first-order valence-electron chi connectivity index (χ1n) is 3.57. The number of aromatic nitrogens is 1. The molecule has 0 bridgehead atoms. The van der Waals surface area contributed by atoms with Gasteiger partial charge in [0.2, 0.25) is 5.56 Å². The first kappa shape index (κ1) is 10.3. The van der Waals surface area contributed by atoms with Gasteiger partial charge in [-0.25, -0.2) is 0 Å². The van der Waals surface area contributed by atoms with Crippen LogP contribution >= 0.6 is 0 Å². The summed E-state index contributed by atoms with van der Waals surface area (Å²) in [7, 11) is 0. The number of hydrogen-bond acceptors (Lipinski definition) is 2. The van der Waals surface area contributed by atoms with Crippen molar-refractivity contribution in [3.8, 4) is 6.07 Å². The van der Waals surface area contributed by atoms with Gasteiger partial charge < -0.3 is 4.98 Å². The van der Waals surface area contributed by atoms with E-state index in [-0.39, 0.29) is 5.69 Å². The fourth-order valence-electron chi connectivity index (χ4n) is 1.06. The van der Waals surface area contributed by atoms with Crippen LogP contribution in [0.1, 0.15) is 16.8 Å². The van der Waals surface area contributed by atoms with Crippen LogP contribution in [0.3, 0.4) is 0 Å². The lowest BCUT2D eigenvalue weighted by molar-refractivity contribution is -0.137. The molecule has 1 aromatic heterocycles. The van der Waals surface area contributed by atoms with Crippen molar-refractivity contribution in [3.05, 3.63) is 33.2 Å². The molecule has 0 aliphatic carbocycles. The van der Waals surface area contributed by atoms with Crippen molar-refractivity contribution >= 4 is 0 Å². The van der Waals surface area contributed by atoms with Crippen LogP contribution in [0.15, 0.2) is 10.9 Å². The van der Waals surface area contributed by atoms with E-state index in [1.807, 2.05) is 0 Å². The second-order valence-electron chi connectivity index (χ2n) is 2.66. The molecule has 0 aliphatic rings. The highest BCUT2D eigenvalue weighted by Gasteiger charge is 2.34. The lowest BCUT2D eigenvalue weighted by Gasteiger charge is -2.08. The van der Waals surface area contributed by atoms with Gasteiger partial charge in [0.15, 0.2) is 0 Å². The molecule has 0 spiro atoms. The van der Waals surface area contributed by atoms with Gasteiger partial charge >= 0.3 is 6.18 Å². The van der Waals surface area contributed by atoms with Crippen LogP contribution in [0.4, 0.5) is 13.2 Å². The Bertz CT molecular complexity index is 453. The van der Waals surface area contributed by atoms with Crippen molar-refractivity contribution in [2.75, 3.05) is 0 Å². The maximum absolute atomic E-state index is 12.3. The third kappa shape index (κ3) is 1.76. The number of hydrogen-bond donors (Lipinski definition) is 1. The summed E-state index contributed by atoms with van der Waals surface area (Å²) in [4.78, 5) is 12.9.